The molecule has 3 aromatic carbocycles. The standard InChI is InChI=1S/C20H15F3/c1-12-3-8-17(20(23)9-12)15-6-4-14(5-7-15)16-10-18(21)13(2)19(22)11-16/h3-11H,1-2H3. The number of halogens is 3. The molecule has 0 saturated carbocycles. The Labute approximate surface area is 133 Å². The van der Waals surface area contributed by atoms with Crippen LogP contribution in [0.1, 0.15) is 11.1 Å². The molecule has 3 aromatic rings. The molecule has 0 saturated heterocycles. The van der Waals surface area contributed by atoms with E-state index in [2.05, 4.69) is 0 Å². The molecule has 0 aliphatic rings. The fourth-order valence-electron chi connectivity index (χ4n) is 2.51. The Morgan fingerprint density at radius 2 is 1.13 bits per heavy atom. The summed E-state index contributed by atoms with van der Waals surface area (Å²) in [5, 5.41) is 0. The van der Waals surface area contributed by atoms with Crippen molar-refractivity contribution in [2.75, 3.05) is 0 Å². The molecule has 3 rings (SSSR count). The monoisotopic (exact) mass is 312 g/mol. The summed E-state index contributed by atoms with van der Waals surface area (Å²) in [7, 11) is 0. The quantitative estimate of drug-likeness (QED) is 0.540. The molecule has 116 valence electrons. The highest BCUT2D eigenvalue weighted by molar-refractivity contribution is 5.71. The Morgan fingerprint density at radius 1 is 0.565 bits per heavy atom. The van der Waals surface area contributed by atoms with Crippen molar-refractivity contribution in [2.45, 2.75) is 13.8 Å². The van der Waals surface area contributed by atoms with Gasteiger partial charge in [0.15, 0.2) is 0 Å². The van der Waals surface area contributed by atoms with Crippen molar-refractivity contribution in [2.24, 2.45) is 0 Å². The SMILES string of the molecule is Cc1ccc(-c2ccc(-c3cc(F)c(C)c(F)c3)cc2)c(F)c1. The molecule has 3 heteroatoms. The van der Waals surface area contributed by atoms with E-state index in [-0.39, 0.29) is 11.4 Å². The van der Waals surface area contributed by atoms with Crippen LogP contribution in [0.3, 0.4) is 0 Å². The molecule has 0 atom stereocenters. The average molecular weight is 312 g/mol. The van der Waals surface area contributed by atoms with Crippen molar-refractivity contribution in [3.8, 4) is 22.3 Å². The Kier molecular flexibility index (Phi) is 3.95. The van der Waals surface area contributed by atoms with E-state index in [4.69, 9.17) is 0 Å². The average Bonchev–Trinajstić information content (AvgIpc) is 2.52. The predicted octanol–water partition coefficient (Wildman–Crippen LogP) is 6.05. The second-order valence-electron chi connectivity index (χ2n) is 5.63. The summed E-state index contributed by atoms with van der Waals surface area (Å²) in [5.74, 6) is -1.44. The predicted molar refractivity (Wildman–Crippen MR) is 86.7 cm³/mol. The summed E-state index contributed by atoms with van der Waals surface area (Å²) >= 11 is 0. The maximum Gasteiger partial charge on any atom is 0.131 e. The van der Waals surface area contributed by atoms with Crippen molar-refractivity contribution in [1.82, 2.24) is 0 Å². The van der Waals surface area contributed by atoms with Gasteiger partial charge in [-0.25, -0.2) is 13.2 Å². The van der Waals surface area contributed by atoms with Crippen LogP contribution in [0.25, 0.3) is 22.3 Å². The Morgan fingerprint density at radius 3 is 1.70 bits per heavy atom. The zero-order valence-electron chi connectivity index (χ0n) is 12.8. The van der Waals surface area contributed by atoms with Gasteiger partial charge in [0.2, 0.25) is 0 Å². The van der Waals surface area contributed by atoms with Gasteiger partial charge in [0.25, 0.3) is 0 Å². The molecule has 0 aliphatic carbocycles. The summed E-state index contributed by atoms with van der Waals surface area (Å²) in [6.45, 7) is 3.23. The summed E-state index contributed by atoms with van der Waals surface area (Å²) in [5.41, 5.74) is 3.23. The third kappa shape index (κ3) is 3.00. The van der Waals surface area contributed by atoms with Gasteiger partial charge in [0, 0.05) is 11.1 Å². The van der Waals surface area contributed by atoms with Crippen molar-refractivity contribution < 1.29 is 13.2 Å². The van der Waals surface area contributed by atoms with Crippen LogP contribution in [0.15, 0.2) is 54.6 Å². The first-order valence-corrected chi connectivity index (χ1v) is 7.28. The van der Waals surface area contributed by atoms with E-state index in [0.717, 1.165) is 11.1 Å². The van der Waals surface area contributed by atoms with Gasteiger partial charge in [-0.3, -0.25) is 0 Å². The van der Waals surface area contributed by atoms with E-state index < -0.39 is 11.6 Å². The van der Waals surface area contributed by atoms with Gasteiger partial charge in [0.1, 0.15) is 17.5 Å². The molecule has 0 nitrogen and oxygen atoms in total. The topological polar surface area (TPSA) is 0 Å². The highest BCUT2D eigenvalue weighted by atomic mass is 19.1. The van der Waals surface area contributed by atoms with Crippen LogP contribution in [-0.2, 0) is 0 Å². The highest BCUT2D eigenvalue weighted by Gasteiger charge is 2.09. The third-order valence-electron chi connectivity index (χ3n) is 3.93. The number of aryl methyl sites for hydroxylation is 1. The summed E-state index contributed by atoms with van der Waals surface area (Å²) in [4.78, 5) is 0. The maximum atomic E-state index is 14.0. The molecule has 0 unspecified atom stereocenters. The molecule has 0 spiro atoms. The lowest BCUT2D eigenvalue weighted by Gasteiger charge is -2.08. The molecule has 23 heavy (non-hydrogen) atoms. The van der Waals surface area contributed by atoms with Gasteiger partial charge >= 0.3 is 0 Å². The van der Waals surface area contributed by atoms with E-state index in [1.165, 1.54) is 25.1 Å². The van der Waals surface area contributed by atoms with Gasteiger partial charge in [-0.15, -0.1) is 0 Å². The van der Waals surface area contributed by atoms with Crippen molar-refractivity contribution >= 4 is 0 Å². The second kappa shape index (κ2) is 5.92. The van der Waals surface area contributed by atoms with Gasteiger partial charge in [-0.05, 0) is 54.3 Å². The first-order chi connectivity index (χ1) is 11.0. The highest BCUT2D eigenvalue weighted by Crippen LogP contribution is 2.28. The third-order valence-corrected chi connectivity index (χ3v) is 3.93. The molecule has 0 N–H and O–H groups in total. The first kappa shape index (κ1) is 15.3. The van der Waals surface area contributed by atoms with Crippen LogP contribution in [0.2, 0.25) is 0 Å². The molecule has 0 aliphatic heterocycles. The normalized spacial score (nSPS) is 10.8. The van der Waals surface area contributed by atoms with Crippen LogP contribution in [0.5, 0.6) is 0 Å². The van der Waals surface area contributed by atoms with Crippen LogP contribution >= 0.6 is 0 Å². The van der Waals surface area contributed by atoms with Crippen molar-refractivity contribution in [1.29, 1.82) is 0 Å². The number of hydrogen-bond donors (Lipinski definition) is 0. The molecule has 0 amide bonds. The lowest BCUT2D eigenvalue weighted by molar-refractivity contribution is 0.569. The molecule has 0 radical (unpaired) electrons. The van der Waals surface area contributed by atoms with Crippen LogP contribution in [0, 0.1) is 31.3 Å². The van der Waals surface area contributed by atoms with Crippen molar-refractivity contribution in [3.63, 3.8) is 0 Å². The zero-order chi connectivity index (χ0) is 16.6. The summed E-state index contributed by atoms with van der Waals surface area (Å²) in [6.07, 6.45) is 0. The summed E-state index contributed by atoms with van der Waals surface area (Å²) < 4.78 is 41.4. The molecular weight excluding hydrogens is 297 g/mol. The molecule has 0 bridgehead atoms. The molecule has 0 aromatic heterocycles. The lowest BCUT2D eigenvalue weighted by atomic mass is 9.98. The Balaban J connectivity index is 1.99. The smallest absolute Gasteiger partial charge is 0.131 e. The minimum Gasteiger partial charge on any atom is -0.207 e. The Hall–Kier alpha value is -2.55. The minimum absolute atomic E-state index is 0.00657. The Bertz CT molecular complexity index is 842. The molecule has 0 fully saturated rings. The fourth-order valence-corrected chi connectivity index (χ4v) is 2.51. The maximum absolute atomic E-state index is 14.0. The minimum atomic E-state index is -0.575. The molecular formula is C20H15F3. The van der Waals surface area contributed by atoms with Crippen LogP contribution < -0.4 is 0 Å². The van der Waals surface area contributed by atoms with E-state index >= 15 is 0 Å². The lowest BCUT2D eigenvalue weighted by Crippen LogP contribution is -1.91. The van der Waals surface area contributed by atoms with Crippen LogP contribution in [-0.4, -0.2) is 0 Å². The van der Waals surface area contributed by atoms with Gasteiger partial charge < -0.3 is 0 Å². The number of rotatable bonds is 2. The number of benzene rings is 3. The second-order valence-corrected chi connectivity index (χ2v) is 5.63. The van der Waals surface area contributed by atoms with E-state index in [9.17, 15) is 13.2 Å². The van der Waals surface area contributed by atoms with E-state index in [1.54, 1.807) is 30.3 Å². The largest absolute Gasteiger partial charge is 0.207 e. The zero-order valence-corrected chi connectivity index (χ0v) is 12.8. The first-order valence-electron chi connectivity index (χ1n) is 7.28. The number of hydrogen-bond acceptors (Lipinski definition) is 0. The van der Waals surface area contributed by atoms with Gasteiger partial charge in [-0.2, -0.15) is 0 Å². The fraction of sp³-hybridized carbons (Fsp3) is 0.100. The van der Waals surface area contributed by atoms with Crippen molar-refractivity contribution in [3.05, 3.63) is 83.2 Å². The molecule has 0 heterocycles. The van der Waals surface area contributed by atoms with E-state index in [0.29, 0.717) is 16.7 Å². The summed E-state index contributed by atoms with van der Waals surface area (Å²) in [6, 6.07) is 14.6. The van der Waals surface area contributed by atoms with Gasteiger partial charge in [0.05, 0.1) is 0 Å². The van der Waals surface area contributed by atoms with E-state index in [1.807, 2.05) is 13.0 Å². The van der Waals surface area contributed by atoms with Gasteiger partial charge in [-0.1, -0.05) is 36.4 Å². The van der Waals surface area contributed by atoms with Crippen LogP contribution in [0.4, 0.5) is 13.2 Å².